The van der Waals surface area contributed by atoms with Crippen LogP contribution in [-0.2, 0) is 0 Å². The highest BCUT2D eigenvalue weighted by Crippen LogP contribution is 2.32. The second-order valence-corrected chi connectivity index (χ2v) is 9.39. The third kappa shape index (κ3) is 14.2. The summed E-state index contributed by atoms with van der Waals surface area (Å²) in [6.45, 7) is 21.2. The molecular weight excluding hydrogens is 230 g/mol. The van der Waals surface area contributed by atoms with Gasteiger partial charge in [0.25, 0.3) is 0 Å². The van der Waals surface area contributed by atoms with Crippen LogP contribution < -0.4 is 5.32 Å². The van der Waals surface area contributed by atoms with Crippen molar-refractivity contribution in [2.45, 2.75) is 87.5 Å². The second kappa shape index (κ2) is 7.67. The second-order valence-electron chi connectivity index (χ2n) is 9.39. The van der Waals surface area contributed by atoms with Crippen molar-refractivity contribution in [1.29, 1.82) is 0 Å². The number of hydrogen-bond donors (Lipinski definition) is 1. The van der Waals surface area contributed by atoms with E-state index in [9.17, 15) is 0 Å². The van der Waals surface area contributed by atoms with Crippen LogP contribution in [0.3, 0.4) is 0 Å². The van der Waals surface area contributed by atoms with Crippen molar-refractivity contribution >= 4 is 0 Å². The van der Waals surface area contributed by atoms with Crippen LogP contribution in [0.25, 0.3) is 0 Å². The summed E-state index contributed by atoms with van der Waals surface area (Å²) >= 11 is 0. The molecule has 116 valence electrons. The van der Waals surface area contributed by atoms with E-state index in [1.54, 1.807) is 0 Å². The highest BCUT2D eigenvalue weighted by molar-refractivity contribution is 4.74. The van der Waals surface area contributed by atoms with Gasteiger partial charge in [-0.3, -0.25) is 0 Å². The van der Waals surface area contributed by atoms with Crippen LogP contribution in [0.2, 0.25) is 0 Å². The molecule has 1 N–H and O–H groups in total. The molecule has 0 unspecified atom stereocenters. The minimum absolute atomic E-state index is 0.470. The van der Waals surface area contributed by atoms with Gasteiger partial charge >= 0.3 is 0 Å². The van der Waals surface area contributed by atoms with Crippen molar-refractivity contribution in [3.8, 4) is 0 Å². The molecular formula is C18H39N. The first-order chi connectivity index (χ1) is 8.41. The fourth-order valence-corrected chi connectivity index (χ4v) is 2.13. The molecule has 0 rings (SSSR count). The molecule has 1 nitrogen and oxygen atoms in total. The Balaban J connectivity index is 3.64. The first-order valence-electron chi connectivity index (χ1n) is 8.12. The summed E-state index contributed by atoms with van der Waals surface area (Å²) in [6.07, 6.45) is 6.56. The highest BCUT2D eigenvalue weighted by Gasteiger charge is 2.21. The Morgan fingerprint density at radius 1 is 0.579 bits per heavy atom. The van der Waals surface area contributed by atoms with Gasteiger partial charge in [0.15, 0.2) is 0 Å². The normalized spacial score (nSPS) is 13.9. The monoisotopic (exact) mass is 269 g/mol. The molecule has 0 amide bonds. The Hall–Kier alpha value is -0.0400. The molecule has 0 aromatic rings. The topological polar surface area (TPSA) is 12.0 Å². The van der Waals surface area contributed by atoms with Gasteiger partial charge in [-0.2, -0.15) is 0 Å². The fraction of sp³-hybridized carbons (Fsp3) is 1.00. The summed E-state index contributed by atoms with van der Waals surface area (Å²) < 4.78 is 0. The average molecular weight is 270 g/mol. The average Bonchev–Trinajstić information content (AvgIpc) is 2.18. The minimum atomic E-state index is 0.470. The van der Waals surface area contributed by atoms with E-state index < -0.39 is 0 Å². The first-order valence-corrected chi connectivity index (χ1v) is 8.12. The van der Waals surface area contributed by atoms with Crippen LogP contribution >= 0.6 is 0 Å². The van der Waals surface area contributed by atoms with Crippen LogP contribution in [0.1, 0.15) is 87.5 Å². The maximum atomic E-state index is 3.61. The van der Waals surface area contributed by atoms with Gasteiger partial charge in [-0.05, 0) is 61.4 Å². The van der Waals surface area contributed by atoms with E-state index in [1.807, 2.05) is 0 Å². The quantitative estimate of drug-likeness (QED) is 0.562. The van der Waals surface area contributed by atoms with Crippen molar-refractivity contribution in [3.05, 3.63) is 0 Å². The summed E-state index contributed by atoms with van der Waals surface area (Å²) in [4.78, 5) is 0. The Labute approximate surface area is 122 Å². The Morgan fingerprint density at radius 3 is 1.58 bits per heavy atom. The van der Waals surface area contributed by atoms with Gasteiger partial charge in [-0.1, -0.05) is 55.4 Å². The molecule has 0 spiro atoms. The molecule has 0 aromatic heterocycles. The summed E-state index contributed by atoms with van der Waals surface area (Å²) in [7, 11) is 0. The van der Waals surface area contributed by atoms with Gasteiger partial charge in [0.1, 0.15) is 0 Å². The van der Waals surface area contributed by atoms with Crippen molar-refractivity contribution < 1.29 is 0 Å². The lowest BCUT2D eigenvalue weighted by Crippen LogP contribution is -2.25. The van der Waals surface area contributed by atoms with Gasteiger partial charge in [0.05, 0.1) is 0 Å². The minimum Gasteiger partial charge on any atom is -0.317 e. The maximum absolute atomic E-state index is 3.61. The fourth-order valence-electron chi connectivity index (χ4n) is 2.13. The lowest BCUT2D eigenvalue weighted by molar-refractivity contribution is 0.238. The van der Waals surface area contributed by atoms with Crippen molar-refractivity contribution in [1.82, 2.24) is 5.32 Å². The van der Waals surface area contributed by atoms with Gasteiger partial charge in [0, 0.05) is 0 Å². The van der Waals surface area contributed by atoms with Crippen LogP contribution in [0.15, 0.2) is 0 Å². The summed E-state index contributed by atoms with van der Waals surface area (Å²) in [5.41, 5.74) is 1.43. The van der Waals surface area contributed by atoms with Crippen molar-refractivity contribution in [2.75, 3.05) is 13.1 Å². The maximum Gasteiger partial charge on any atom is -0.00438 e. The van der Waals surface area contributed by atoms with E-state index in [0.717, 1.165) is 0 Å². The van der Waals surface area contributed by atoms with E-state index in [4.69, 9.17) is 0 Å². The van der Waals surface area contributed by atoms with Gasteiger partial charge < -0.3 is 5.32 Å². The van der Waals surface area contributed by atoms with Crippen molar-refractivity contribution in [2.24, 2.45) is 16.2 Å². The van der Waals surface area contributed by atoms with E-state index in [-0.39, 0.29) is 0 Å². The molecule has 0 radical (unpaired) electrons. The molecule has 19 heavy (non-hydrogen) atoms. The summed E-state index contributed by atoms with van der Waals surface area (Å²) in [5, 5.41) is 3.61. The zero-order valence-corrected chi connectivity index (χ0v) is 14.9. The van der Waals surface area contributed by atoms with Gasteiger partial charge in [0.2, 0.25) is 0 Å². The molecule has 0 heterocycles. The number of rotatable bonds is 8. The van der Waals surface area contributed by atoms with Crippen LogP contribution in [0.5, 0.6) is 0 Å². The highest BCUT2D eigenvalue weighted by atomic mass is 14.8. The number of nitrogens with one attached hydrogen (secondary N) is 1. The molecule has 0 aliphatic carbocycles. The van der Waals surface area contributed by atoms with Crippen molar-refractivity contribution in [3.63, 3.8) is 0 Å². The Morgan fingerprint density at radius 2 is 1.11 bits per heavy atom. The SMILES string of the molecule is CC(C)(C)CCCNCCC(C)(C)CCC(C)(C)C. The summed E-state index contributed by atoms with van der Waals surface area (Å²) in [6, 6.07) is 0. The third-order valence-electron chi connectivity index (χ3n) is 3.81. The third-order valence-corrected chi connectivity index (χ3v) is 3.81. The Bertz CT molecular complexity index is 227. The predicted molar refractivity (Wildman–Crippen MR) is 88.6 cm³/mol. The molecule has 1 heteroatoms. The van der Waals surface area contributed by atoms with Crippen LogP contribution in [-0.4, -0.2) is 13.1 Å². The first kappa shape index (κ1) is 19.0. The van der Waals surface area contributed by atoms with E-state index in [0.29, 0.717) is 16.2 Å². The predicted octanol–water partition coefficient (Wildman–Crippen LogP) is 5.64. The molecule has 0 aliphatic rings. The Kier molecular flexibility index (Phi) is 7.65. The van der Waals surface area contributed by atoms with E-state index in [1.165, 1.54) is 45.2 Å². The van der Waals surface area contributed by atoms with Gasteiger partial charge in [-0.15, -0.1) is 0 Å². The number of hydrogen-bond acceptors (Lipinski definition) is 1. The lowest BCUT2D eigenvalue weighted by Gasteiger charge is -2.29. The molecule has 0 aromatic carbocycles. The van der Waals surface area contributed by atoms with E-state index in [2.05, 4.69) is 60.7 Å². The van der Waals surface area contributed by atoms with E-state index >= 15 is 0 Å². The molecule has 0 aliphatic heterocycles. The van der Waals surface area contributed by atoms with Gasteiger partial charge in [-0.25, -0.2) is 0 Å². The zero-order chi connectivity index (χ0) is 15.2. The summed E-state index contributed by atoms with van der Waals surface area (Å²) in [5.74, 6) is 0. The smallest absolute Gasteiger partial charge is 0.00438 e. The molecule has 0 bridgehead atoms. The molecule has 0 fully saturated rings. The molecule has 0 saturated carbocycles. The zero-order valence-electron chi connectivity index (χ0n) is 14.9. The largest absolute Gasteiger partial charge is 0.317 e. The molecule has 0 atom stereocenters. The van der Waals surface area contributed by atoms with Crippen LogP contribution in [0, 0.1) is 16.2 Å². The lowest BCUT2D eigenvalue weighted by atomic mass is 9.78. The van der Waals surface area contributed by atoms with Crippen LogP contribution in [0.4, 0.5) is 0 Å². The molecule has 0 saturated heterocycles. The standard InChI is InChI=1S/C18H39N/c1-16(2,3)10-9-14-19-15-13-18(7,8)12-11-17(4,5)6/h19H,9-15H2,1-8H3.